The first-order chi connectivity index (χ1) is 9.65. The van der Waals surface area contributed by atoms with Crippen LogP contribution in [0.15, 0.2) is 30.5 Å². The molecule has 3 rings (SSSR count). The molecule has 2 aromatic rings. The zero-order valence-electron chi connectivity index (χ0n) is 12.0. The van der Waals surface area contributed by atoms with E-state index in [1.165, 1.54) is 0 Å². The minimum absolute atomic E-state index is 0.0313. The van der Waals surface area contributed by atoms with E-state index in [0.29, 0.717) is 5.92 Å². The van der Waals surface area contributed by atoms with Crippen LogP contribution in [-0.4, -0.2) is 42.0 Å². The number of likely N-dealkylation sites (tertiary alicyclic amines) is 1. The highest BCUT2D eigenvalue weighted by molar-refractivity contribution is 6.06. The van der Waals surface area contributed by atoms with Gasteiger partial charge in [0.25, 0.3) is 5.91 Å². The Hall–Kier alpha value is -1.81. The molecule has 2 heterocycles. The summed E-state index contributed by atoms with van der Waals surface area (Å²) in [6.07, 6.45) is 2.82. The van der Waals surface area contributed by atoms with Crippen LogP contribution < -0.4 is 5.32 Å². The summed E-state index contributed by atoms with van der Waals surface area (Å²) in [6.45, 7) is 4.29. The number of benzene rings is 1. The monoisotopic (exact) mass is 271 g/mol. The molecule has 1 aromatic carbocycles. The molecule has 1 aliphatic rings. The minimum Gasteiger partial charge on any atom is -0.360 e. The van der Waals surface area contributed by atoms with Gasteiger partial charge in [0.15, 0.2) is 0 Å². The fourth-order valence-corrected chi connectivity index (χ4v) is 3.07. The summed E-state index contributed by atoms with van der Waals surface area (Å²) in [5.41, 5.74) is 1.75. The summed E-state index contributed by atoms with van der Waals surface area (Å²) >= 11 is 0. The topological polar surface area (TPSA) is 48.1 Å². The van der Waals surface area contributed by atoms with Crippen LogP contribution in [0.3, 0.4) is 0 Å². The van der Waals surface area contributed by atoms with E-state index in [4.69, 9.17) is 0 Å². The number of H-pyrrole nitrogens is 1. The van der Waals surface area contributed by atoms with Crippen LogP contribution in [-0.2, 0) is 0 Å². The van der Waals surface area contributed by atoms with Crippen molar-refractivity contribution in [1.29, 1.82) is 0 Å². The molecule has 1 aromatic heterocycles. The number of aromatic nitrogens is 1. The predicted molar refractivity (Wildman–Crippen MR) is 80.8 cm³/mol. The first kappa shape index (κ1) is 13.2. The molecule has 106 valence electrons. The Morgan fingerprint density at radius 3 is 3.00 bits per heavy atom. The van der Waals surface area contributed by atoms with Crippen molar-refractivity contribution >= 4 is 16.8 Å². The van der Waals surface area contributed by atoms with E-state index in [-0.39, 0.29) is 11.9 Å². The highest BCUT2D eigenvalue weighted by atomic mass is 16.1. The van der Waals surface area contributed by atoms with Gasteiger partial charge in [-0.1, -0.05) is 25.1 Å². The third-order valence-corrected chi connectivity index (χ3v) is 4.26. The third kappa shape index (κ3) is 2.43. The lowest BCUT2D eigenvalue weighted by molar-refractivity contribution is 0.0885. The van der Waals surface area contributed by atoms with Crippen molar-refractivity contribution in [3.63, 3.8) is 0 Å². The number of hydrogen-bond donors (Lipinski definition) is 2. The lowest BCUT2D eigenvalue weighted by Crippen LogP contribution is -2.48. The van der Waals surface area contributed by atoms with Gasteiger partial charge in [0.2, 0.25) is 0 Å². The second kappa shape index (κ2) is 5.29. The zero-order valence-corrected chi connectivity index (χ0v) is 12.0. The SMILES string of the molecule is CC1CN(C)CCC1NC(=O)c1c[nH]c2ccccc12. The maximum atomic E-state index is 12.5. The van der Waals surface area contributed by atoms with Crippen LogP contribution >= 0.6 is 0 Å². The number of carbonyl (C=O) groups excluding carboxylic acids is 1. The van der Waals surface area contributed by atoms with Gasteiger partial charge in [-0.3, -0.25) is 4.79 Å². The van der Waals surface area contributed by atoms with Crippen molar-refractivity contribution in [3.8, 4) is 0 Å². The first-order valence-electron chi connectivity index (χ1n) is 7.20. The van der Waals surface area contributed by atoms with Crippen LogP contribution in [0.2, 0.25) is 0 Å². The maximum Gasteiger partial charge on any atom is 0.253 e. The third-order valence-electron chi connectivity index (χ3n) is 4.26. The molecule has 0 radical (unpaired) electrons. The molecule has 4 nitrogen and oxygen atoms in total. The number of hydrogen-bond acceptors (Lipinski definition) is 2. The Morgan fingerprint density at radius 2 is 2.20 bits per heavy atom. The van der Waals surface area contributed by atoms with Crippen molar-refractivity contribution in [3.05, 3.63) is 36.0 Å². The molecule has 4 heteroatoms. The highest BCUT2D eigenvalue weighted by Crippen LogP contribution is 2.20. The van der Waals surface area contributed by atoms with Gasteiger partial charge in [-0.05, 0) is 32.0 Å². The molecule has 0 spiro atoms. The minimum atomic E-state index is 0.0313. The van der Waals surface area contributed by atoms with E-state index in [2.05, 4.69) is 29.2 Å². The second-order valence-electron chi connectivity index (χ2n) is 5.86. The molecule has 0 aliphatic carbocycles. The Balaban J connectivity index is 1.76. The number of nitrogens with zero attached hydrogens (tertiary/aromatic N) is 1. The van der Waals surface area contributed by atoms with Crippen LogP contribution in [0.1, 0.15) is 23.7 Å². The average molecular weight is 271 g/mol. The summed E-state index contributed by atoms with van der Waals surface area (Å²) in [5.74, 6) is 0.520. The largest absolute Gasteiger partial charge is 0.360 e. The Labute approximate surface area is 119 Å². The number of piperidine rings is 1. The molecule has 2 atom stereocenters. The fourth-order valence-electron chi connectivity index (χ4n) is 3.07. The lowest BCUT2D eigenvalue weighted by Gasteiger charge is -2.35. The van der Waals surface area contributed by atoms with Gasteiger partial charge < -0.3 is 15.2 Å². The quantitative estimate of drug-likeness (QED) is 0.880. The van der Waals surface area contributed by atoms with Crippen molar-refractivity contribution in [1.82, 2.24) is 15.2 Å². The summed E-state index contributed by atoms with van der Waals surface area (Å²) in [6, 6.07) is 8.18. The fraction of sp³-hybridized carbons (Fsp3) is 0.438. The highest BCUT2D eigenvalue weighted by Gasteiger charge is 2.26. The van der Waals surface area contributed by atoms with Gasteiger partial charge in [0.1, 0.15) is 0 Å². The van der Waals surface area contributed by atoms with E-state index in [0.717, 1.165) is 36.0 Å². The predicted octanol–water partition coefficient (Wildman–Crippen LogP) is 2.24. The van der Waals surface area contributed by atoms with E-state index in [9.17, 15) is 4.79 Å². The van der Waals surface area contributed by atoms with E-state index < -0.39 is 0 Å². The molecule has 0 saturated carbocycles. The number of nitrogens with one attached hydrogen (secondary N) is 2. The summed E-state index contributed by atoms with van der Waals surface area (Å²) < 4.78 is 0. The standard InChI is InChI=1S/C16H21N3O/c1-11-10-19(2)8-7-14(11)18-16(20)13-9-17-15-6-4-3-5-12(13)15/h3-6,9,11,14,17H,7-8,10H2,1-2H3,(H,18,20). The molecule has 2 unspecified atom stereocenters. The second-order valence-corrected chi connectivity index (χ2v) is 5.86. The van der Waals surface area contributed by atoms with Gasteiger partial charge in [-0.25, -0.2) is 0 Å². The molecule has 20 heavy (non-hydrogen) atoms. The number of fused-ring (bicyclic) bond motifs is 1. The van der Waals surface area contributed by atoms with Crippen LogP contribution in [0.25, 0.3) is 10.9 Å². The van der Waals surface area contributed by atoms with E-state index in [1.807, 2.05) is 24.3 Å². The van der Waals surface area contributed by atoms with Gasteiger partial charge in [-0.2, -0.15) is 0 Å². The van der Waals surface area contributed by atoms with Crippen molar-refractivity contribution in [2.45, 2.75) is 19.4 Å². The molecule has 0 bridgehead atoms. The average Bonchev–Trinajstić information content (AvgIpc) is 2.86. The molecule has 2 N–H and O–H groups in total. The summed E-state index contributed by atoms with van der Waals surface area (Å²) in [7, 11) is 2.13. The summed E-state index contributed by atoms with van der Waals surface area (Å²) in [5, 5.41) is 4.19. The smallest absolute Gasteiger partial charge is 0.253 e. The Morgan fingerprint density at radius 1 is 1.40 bits per heavy atom. The van der Waals surface area contributed by atoms with Crippen LogP contribution in [0, 0.1) is 5.92 Å². The van der Waals surface area contributed by atoms with Crippen LogP contribution in [0.5, 0.6) is 0 Å². The number of rotatable bonds is 2. The van der Waals surface area contributed by atoms with Crippen molar-refractivity contribution < 1.29 is 4.79 Å². The van der Waals surface area contributed by atoms with Gasteiger partial charge in [-0.15, -0.1) is 0 Å². The molecular weight excluding hydrogens is 250 g/mol. The van der Waals surface area contributed by atoms with Crippen molar-refractivity contribution in [2.24, 2.45) is 5.92 Å². The molecule has 1 fully saturated rings. The van der Waals surface area contributed by atoms with E-state index in [1.54, 1.807) is 6.20 Å². The molecule has 1 amide bonds. The number of carbonyl (C=O) groups is 1. The van der Waals surface area contributed by atoms with E-state index >= 15 is 0 Å². The Kier molecular flexibility index (Phi) is 3.49. The number of para-hydroxylation sites is 1. The Bertz CT molecular complexity index is 619. The molecule has 1 aliphatic heterocycles. The molecule has 1 saturated heterocycles. The number of aromatic amines is 1. The van der Waals surface area contributed by atoms with Crippen molar-refractivity contribution in [2.75, 3.05) is 20.1 Å². The summed E-state index contributed by atoms with van der Waals surface area (Å²) in [4.78, 5) is 17.9. The van der Waals surface area contributed by atoms with Gasteiger partial charge in [0.05, 0.1) is 5.56 Å². The number of amides is 1. The zero-order chi connectivity index (χ0) is 14.1. The normalized spacial score (nSPS) is 23.9. The molecular formula is C16H21N3O. The lowest BCUT2D eigenvalue weighted by atomic mass is 9.94. The van der Waals surface area contributed by atoms with Gasteiger partial charge in [0, 0.05) is 29.7 Å². The maximum absolute atomic E-state index is 12.5. The first-order valence-corrected chi connectivity index (χ1v) is 7.20. The van der Waals surface area contributed by atoms with Gasteiger partial charge >= 0.3 is 0 Å². The van der Waals surface area contributed by atoms with Crippen LogP contribution in [0.4, 0.5) is 0 Å².